The Hall–Kier alpha value is -1.56. The van der Waals surface area contributed by atoms with Crippen LogP contribution in [0.5, 0.6) is 0 Å². The molecule has 0 atom stereocenters. The van der Waals surface area contributed by atoms with Gasteiger partial charge in [0.2, 0.25) is 0 Å². The van der Waals surface area contributed by atoms with Crippen LogP contribution in [0.2, 0.25) is 0 Å². The first kappa shape index (κ1) is 20.7. The summed E-state index contributed by atoms with van der Waals surface area (Å²) in [5.41, 5.74) is 6.32. The topological polar surface area (TPSA) is 90.6 Å². The molecule has 0 heterocycles. The zero-order valence-corrected chi connectivity index (χ0v) is 16.0. The predicted octanol–water partition coefficient (Wildman–Crippen LogP) is 3.30. The van der Waals surface area contributed by atoms with Crippen molar-refractivity contribution in [3.8, 4) is 0 Å². The molecule has 0 spiro atoms. The lowest BCUT2D eigenvalue weighted by atomic mass is 9.76. The number of nitrogens with two attached hydrogens (primary N) is 1. The highest BCUT2D eigenvalue weighted by atomic mass is 16.6. The molecule has 0 bridgehead atoms. The number of esters is 1. The second-order valence-corrected chi connectivity index (χ2v) is 7.93. The first-order chi connectivity index (χ1) is 12.4. The molecular weight excluding hydrogens is 332 g/mol. The maximum Gasteiger partial charge on any atom is 0.407 e. The van der Waals surface area contributed by atoms with Crippen LogP contribution in [0.1, 0.15) is 64.7 Å². The van der Waals surface area contributed by atoms with Crippen LogP contribution in [0.15, 0.2) is 12.2 Å². The fourth-order valence-electron chi connectivity index (χ4n) is 4.04. The molecule has 2 aliphatic carbocycles. The molecular formula is C20H34N2O4. The summed E-state index contributed by atoms with van der Waals surface area (Å²) in [6.07, 6.45) is 10.2. The first-order valence-corrected chi connectivity index (χ1v) is 9.95. The highest BCUT2D eigenvalue weighted by Crippen LogP contribution is 2.35. The Kier molecular flexibility index (Phi) is 8.42. The van der Waals surface area contributed by atoms with Gasteiger partial charge in [0.05, 0.1) is 0 Å². The van der Waals surface area contributed by atoms with Gasteiger partial charge in [-0.1, -0.05) is 6.58 Å². The number of rotatable bonds is 7. The quantitative estimate of drug-likeness (QED) is 0.410. The van der Waals surface area contributed by atoms with Crippen molar-refractivity contribution in [3.63, 3.8) is 0 Å². The van der Waals surface area contributed by atoms with Crippen LogP contribution in [0.25, 0.3) is 0 Å². The van der Waals surface area contributed by atoms with E-state index < -0.39 is 12.1 Å². The summed E-state index contributed by atoms with van der Waals surface area (Å²) in [5, 5.41) is 2.92. The molecule has 6 heteroatoms. The SMILES string of the molecule is C=C(C)C(=O)OCCOC(=O)NC1CCC(CC2CCC(N)CC2)CC1. The fourth-order valence-corrected chi connectivity index (χ4v) is 4.04. The Balaban J connectivity index is 1.54. The third-order valence-electron chi connectivity index (χ3n) is 5.62. The molecule has 26 heavy (non-hydrogen) atoms. The van der Waals surface area contributed by atoms with Gasteiger partial charge in [-0.2, -0.15) is 0 Å². The molecule has 2 rings (SSSR count). The number of ether oxygens (including phenoxy) is 2. The van der Waals surface area contributed by atoms with Gasteiger partial charge in [-0.3, -0.25) is 0 Å². The third kappa shape index (κ3) is 7.36. The van der Waals surface area contributed by atoms with Gasteiger partial charge in [0.25, 0.3) is 0 Å². The lowest BCUT2D eigenvalue weighted by molar-refractivity contribution is -0.139. The van der Waals surface area contributed by atoms with E-state index in [2.05, 4.69) is 11.9 Å². The highest BCUT2D eigenvalue weighted by Gasteiger charge is 2.26. The van der Waals surface area contributed by atoms with Gasteiger partial charge in [0.1, 0.15) is 13.2 Å². The lowest BCUT2D eigenvalue weighted by Gasteiger charge is -2.33. The Bertz CT molecular complexity index is 478. The largest absolute Gasteiger partial charge is 0.459 e. The van der Waals surface area contributed by atoms with Crippen molar-refractivity contribution in [2.45, 2.75) is 76.8 Å². The van der Waals surface area contributed by atoms with Gasteiger partial charge in [0, 0.05) is 17.7 Å². The molecule has 0 aromatic carbocycles. The summed E-state index contributed by atoms with van der Waals surface area (Å²) < 4.78 is 9.95. The van der Waals surface area contributed by atoms with Crippen molar-refractivity contribution in [2.75, 3.05) is 13.2 Å². The summed E-state index contributed by atoms with van der Waals surface area (Å²) in [6.45, 7) is 5.18. The number of alkyl carbamates (subject to hydrolysis) is 1. The van der Waals surface area contributed by atoms with Crippen LogP contribution in [-0.2, 0) is 14.3 Å². The van der Waals surface area contributed by atoms with E-state index >= 15 is 0 Å². The average molecular weight is 367 g/mol. The minimum Gasteiger partial charge on any atom is -0.459 e. The first-order valence-electron chi connectivity index (χ1n) is 9.95. The number of hydrogen-bond acceptors (Lipinski definition) is 5. The second kappa shape index (κ2) is 10.6. The molecule has 2 saturated carbocycles. The summed E-state index contributed by atoms with van der Waals surface area (Å²) in [7, 11) is 0. The molecule has 0 saturated heterocycles. The predicted molar refractivity (Wildman–Crippen MR) is 101 cm³/mol. The zero-order chi connectivity index (χ0) is 18.9. The van der Waals surface area contributed by atoms with E-state index in [0.29, 0.717) is 11.6 Å². The summed E-state index contributed by atoms with van der Waals surface area (Å²) >= 11 is 0. The van der Waals surface area contributed by atoms with Crippen LogP contribution < -0.4 is 11.1 Å². The van der Waals surface area contributed by atoms with E-state index in [1.165, 1.54) is 44.9 Å². The van der Waals surface area contributed by atoms with E-state index in [4.69, 9.17) is 15.2 Å². The highest BCUT2D eigenvalue weighted by molar-refractivity contribution is 5.86. The normalized spacial score (nSPS) is 28.8. The van der Waals surface area contributed by atoms with Crippen LogP contribution in [0.3, 0.4) is 0 Å². The van der Waals surface area contributed by atoms with Gasteiger partial charge in [-0.05, 0) is 76.5 Å². The summed E-state index contributed by atoms with van der Waals surface area (Å²) in [5.74, 6) is 1.16. The molecule has 2 fully saturated rings. The summed E-state index contributed by atoms with van der Waals surface area (Å²) in [4.78, 5) is 23.0. The molecule has 0 radical (unpaired) electrons. The maximum absolute atomic E-state index is 11.8. The van der Waals surface area contributed by atoms with Crippen LogP contribution in [-0.4, -0.2) is 37.4 Å². The van der Waals surface area contributed by atoms with Crippen molar-refractivity contribution in [1.82, 2.24) is 5.32 Å². The van der Waals surface area contributed by atoms with Gasteiger partial charge >= 0.3 is 12.1 Å². The van der Waals surface area contributed by atoms with Crippen molar-refractivity contribution in [3.05, 3.63) is 12.2 Å². The van der Waals surface area contributed by atoms with E-state index in [0.717, 1.165) is 24.7 Å². The van der Waals surface area contributed by atoms with Crippen molar-refractivity contribution in [2.24, 2.45) is 17.6 Å². The minimum absolute atomic E-state index is 0.0525. The Morgan fingerprint density at radius 3 is 2.08 bits per heavy atom. The Morgan fingerprint density at radius 2 is 1.50 bits per heavy atom. The van der Waals surface area contributed by atoms with Crippen LogP contribution in [0, 0.1) is 11.8 Å². The average Bonchev–Trinajstić information content (AvgIpc) is 2.62. The molecule has 0 aromatic rings. The number of nitrogens with one attached hydrogen (secondary N) is 1. The lowest BCUT2D eigenvalue weighted by Crippen LogP contribution is -2.38. The third-order valence-corrected chi connectivity index (χ3v) is 5.62. The Morgan fingerprint density at radius 1 is 0.962 bits per heavy atom. The monoisotopic (exact) mass is 366 g/mol. The van der Waals surface area contributed by atoms with Gasteiger partial charge < -0.3 is 20.5 Å². The summed E-state index contributed by atoms with van der Waals surface area (Å²) in [6, 6.07) is 0.609. The molecule has 1 amide bonds. The molecule has 0 unspecified atom stereocenters. The van der Waals surface area contributed by atoms with E-state index in [-0.39, 0.29) is 19.3 Å². The van der Waals surface area contributed by atoms with E-state index in [1.807, 2.05) is 0 Å². The number of carbonyl (C=O) groups is 2. The van der Waals surface area contributed by atoms with E-state index in [9.17, 15) is 9.59 Å². The second-order valence-electron chi connectivity index (χ2n) is 7.93. The van der Waals surface area contributed by atoms with Crippen LogP contribution in [0.4, 0.5) is 4.79 Å². The van der Waals surface area contributed by atoms with E-state index in [1.54, 1.807) is 6.92 Å². The van der Waals surface area contributed by atoms with Gasteiger partial charge in [0.15, 0.2) is 0 Å². The van der Waals surface area contributed by atoms with Gasteiger partial charge in [-0.25, -0.2) is 9.59 Å². The molecule has 0 aromatic heterocycles. The number of hydrogen-bond donors (Lipinski definition) is 2. The maximum atomic E-state index is 11.8. The zero-order valence-electron chi connectivity index (χ0n) is 16.0. The Labute approximate surface area is 156 Å². The minimum atomic E-state index is -0.465. The fraction of sp³-hybridized carbons (Fsp3) is 0.800. The molecule has 2 aliphatic rings. The molecule has 6 nitrogen and oxygen atoms in total. The number of amides is 1. The number of carbonyl (C=O) groups excluding carboxylic acids is 2. The van der Waals surface area contributed by atoms with Crippen molar-refractivity contribution >= 4 is 12.1 Å². The molecule has 0 aliphatic heterocycles. The van der Waals surface area contributed by atoms with Crippen LogP contribution >= 0.6 is 0 Å². The van der Waals surface area contributed by atoms with Crippen molar-refractivity contribution in [1.29, 1.82) is 0 Å². The molecule has 3 N–H and O–H groups in total. The van der Waals surface area contributed by atoms with Crippen molar-refractivity contribution < 1.29 is 19.1 Å². The standard InChI is InChI=1S/C20H34N2O4/c1-14(2)19(23)25-11-12-26-20(24)22-18-9-5-16(6-10-18)13-15-3-7-17(21)8-4-15/h15-18H,1,3-13,21H2,2H3,(H,22,24). The van der Waals surface area contributed by atoms with Gasteiger partial charge in [-0.15, -0.1) is 0 Å². The smallest absolute Gasteiger partial charge is 0.407 e. The molecule has 148 valence electrons.